The zero-order valence-corrected chi connectivity index (χ0v) is 15.6. The monoisotopic (exact) mass is 392 g/mol. The first-order valence-corrected chi connectivity index (χ1v) is 8.91. The Labute approximate surface area is 154 Å². The Balaban J connectivity index is 1.91. The van der Waals surface area contributed by atoms with E-state index in [1.807, 2.05) is 44.2 Å². The van der Waals surface area contributed by atoms with Crippen LogP contribution in [-0.2, 0) is 4.79 Å². The van der Waals surface area contributed by atoms with Gasteiger partial charge < -0.3 is 10.3 Å². The van der Waals surface area contributed by atoms with E-state index in [0.717, 1.165) is 43.8 Å². The molecule has 25 heavy (non-hydrogen) atoms. The molecule has 0 spiro atoms. The highest BCUT2D eigenvalue weighted by molar-refractivity contribution is 9.10. The third-order valence-corrected chi connectivity index (χ3v) is 4.99. The van der Waals surface area contributed by atoms with Crippen LogP contribution in [0.2, 0.25) is 0 Å². The number of aryl methyl sites for hydroxylation is 2. The molecule has 1 amide bonds. The minimum Gasteiger partial charge on any atom is -0.359 e. The number of nitrogens with one attached hydrogen (secondary N) is 2. The van der Waals surface area contributed by atoms with Crippen molar-refractivity contribution in [2.75, 3.05) is 5.32 Å². The number of fused-ring (bicyclic) bond motifs is 1. The van der Waals surface area contributed by atoms with Gasteiger partial charge in [0, 0.05) is 27.1 Å². The van der Waals surface area contributed by atoms with Crippen LogP contribution in [0.25, 0.3) is 22.8 Å². The molecule has 1 aromatic heterocycles. The highest BCUT2D eigenvalue weighted by Crippen LogP contribution is 2.40. The van der Waals surface area contributed by atoms with Gasteiger partial charge in [-0.05, 0) is 60.9 Å². The summed E-state index contributed by atoms with van der Waals surface area (Å²) < 4.78 is 1.03. The molecule has 4 heteroatoms. The fraction of sp³-hybridized carbons (Fsp3) is 0.0952. The number of carbonyl (C=O) groups excluding carboxylic acids is 1. The van der Waals surface area contributed by atoms with E-state index in [4.69, 9.17) is 0 Å². The lowest BCUT2D eigenvalue weighted by atomic mass is 9.94. The smallest absolute Gasteiger partial charge is 0.256 e. The number of hydrogen-bond donors (Lipinski definition) is 2. The van der Waals surface area contributed by atoms with Gasteiger partial charge in [-0.15, -0.1) is 0 Å². The van der Waals surface area contributed by atoms with Gasteiger partial charge in [-0.3, -0.25) is 4.79 Å². The standard InChI is InChI=1S/C21H17BrN2O/c1-12-10-13(2)23-19(12)11-17-20-16(14-6-8-15(22)9-7-14)4-3-5-18(20)24-21(17)25/h3-11,23H,1-2H3,(H,24,25)/b17-11-. The number of amides is 1. The van der Waals surface area contributed by atoms with Crippen molar-refractivity contribution in [1.82, 2.24) is 4.98 Å². The van der Waals surface area contributed by atoms with Crippen LogP contribution in [0.4, 0.5) is 5.69 Å². The number of H-pyrrole nitrogens is 1. The van der Waals surface area contributed by atoms with Crippen molar-refractivity contribution in [3.05, 3.63) is 75.5 Å². The Morgan fingerprint density at radius 3 is 2.48 bits per heavy atom. The van der Waals surface area contributed by atoms with Crippen LogP contribution < -0.4 is 5.32 Å². The lowest BCUT2D eigenvalue weighted by molar-refractivity contribution is -0.110. The molecule has 0 radical (unpaired) electrons. The van der Waals surface area contributed by atoms with Gasteiger partial charge in [-0.25, -0.2) is 0 Å². The number of halogens is 1. The number of benzene rings is 2. The van der Waals surface area contributed by atoms with E-state index < -0.39 is 0 Å². The average molecular weight is 393 g/mol. The van der Waals surface area contributed by atoms with Gasteiger partial charge >= 0.3 is 0 Å². The largest absolute Gasteiger partial charge is 0.359 e. The van der Waals surface area contributed by atoms with Crippen molar-refractivity contribution < 1.29 is 4.79 Å². The van der Waals surface area contributed by atoms with Crippen LogP contribution in [0, 0.1) is 13.8 Å². The molecular formula is C21H17BrN2O. The first-order valence-electron chi connectivity index (χ1n) is 8.11. The fourth-order valence-electron chi connectivity index (χ4n) is 3.30. The van der Waals surface area contributed by atoms with Crippen LogP contribution >= 0.6 is 15.9 Å². The number of aromatic amines is 1. The van der Waals surface area contributed by atoms with Gasteiger partial charge in [-0.2, -0.15) is 0 Å². The molecule has 2 heterocycles. The van der Waals surface area contributed by atoms with Crippen molar-refractivity contribution in [2.45, 2.75) is 13.8 Å². The topological polar surface area (TPSA) is 44.9 Å². The summed E-state index contributed by atoms with van der Waals surface area (Å²) in [6.45, 7) is 4.06. The van der Waals surface area contributed by atoms with Gasteiger partial charge in [0.15, 0.2) is 0 Å². The SMILES string of the molecule is Cc1cc(C)c(/C=C2\C(=O)Nc3cccc(-c4ccc(Br)cc4)c32)[nH]1. The Morgan fingerprint density at radius 2 is 1.80 bits per heavy atom. The summed E-state index contributed by atoms with van der Waals surface area (Å²) in [5.41, 5.74) is 7.84. The van der Waals surface area contributed by atoms with E-state index in [-0.39, 0.29) is 5.91 Å². The van der Waals surface area contributed by atoms with Gasteiger partial charge in [0.1, 0.15) is 0 Å². The lowest BCUT2D eigenvalue weighted by Crippen LogP contribution is -2.03. The maximum atomic E-state index is 12.6. The zero-order chi connectivity index (χ0) is 17.6. The molecule has 0 saturated carbocycles. The molecule has 2 aromatic carbocycles. The predicted octanol–water partition coefficient (Wildman–Crippen LogP) is 5.55. The molecule has 4 rings (SSSR count). The Morgan fingerprint density at radius 1 is 1.04 bits per heavy atom. The molecule has 1 aliphatic rings. The minimum absolute atomic E-state index is 0.0637. The van der Waals surface area contributed by atoms with Crippen molar-refractivity contribution in [2.24, 2.45) is 0 Å². The molecule has 124 valence electrons. The molecule has 0 bridgehead atoms. The molecule has 1 aliphatic heterocycles. The Kier molecular flexibility index (Phi) is 3.85. The molecule has 0 aliphatic carbocycles. The summed E-state index contributed by atoms with van der Waals surface area (Å²) in [6, 6.07) is 16.2. The third-order valence-electron chi connectivity index (χ3n) is 4.46. The second-order valence-corrected chi connectivity index (χ2v) is 7.21. The molecule has 3 nitrogen and oxygen atoms in total. The molecule has 0 unspecified atom stereocenters. The Bertz CT molecular complexity index is 1010. The maximum absolute atomic E-state index is 12.6. The van der Waals surface area contributed by atoms with E-state index in [9.17, 15) is 4.79 Å². The second kappa shape index (κ2) is 6.05. The second-order valence-electron chi connectivity index (χ2n) is 6.30. The van der Waals surface area contributed by atoms with E-state index in [2.05, 4.69) is 50.5 Å². The molecular weight excluding hydrogens is 376 g/mol. The molecule has 2 N–H and O–H groups in total. The fourth-order valence-corrected chi connectivity index (χ4v) is 3.57. The normalized spacial score (nSPS) is 14.7. The van der Waals surface area contributed by atoms with Crippen LogP contribution in [0.1, 0.15) is 22.5 Å². The molecule has 0 atom stereocenters. The summed E-state index contributed by atoms with van der Waals surface area (Å²) >= 11 is 3.47. The highest BCUT2D eigenvalue weighted by atomic mass is 79.9. The van der Waals surface area contributed by atoms with Gasteiger partial charge in [0.05, 0.1) is 5.57 Å². The summed E-state index contributed by atoms with van der Waals surface area (Å²) in [5.74, 6) is -0.0637. The zero-order valence-electron chi connectivity index (χ0n) is 14.0. The number of rotatable bonds is 2. The quantitative estimate of drug-likeness (QED) is 0.551. The van der Waals surface area contributed by atoms with E-state index in [1.165, 1.54) is 0 Å². The third kappa shape index (κ3) is 2.83. The van der Waals surface area contributed by atoms with Crippen molar-refractivity contribution in [1.29, 1.82) is 0 Å². The summed E-state index contributed by atoms with van der Waals surface area (Å²) in [7, 11) is 0. The minimum atomic E-state index is -0.0637. The van der Waals surface area contributed by atoms with Crippen molar-refractivity contribution >= 4 is 39.2 Å². The van der Waals surface area contributed by atoms with Crippen LogP contribution in [0.15, 0.2) is 53.0 Å². The van der Waals surface area contributed by atoms with Crippen LogP contribution in [0.3, 0.4) is 0 Å². The number of anilines is 1. The highest BCUT2D eigenvalue weighted by Gasteiger charge is 2.27. The van der Waals surface area contributed by atoms with Crippen LogP contribution in [0.5, 0.6) is 0 Å². The van der Waals surface area contributed by atoms with E-state index in [0.29, 0.717) is 5.57 Å². The lowest BCUT2D eigenvalue weighted by Gasteiger charge is -2.09. The van der Waals surface area contributed by atoms with Crippen molar-refractivity contribution in [3.8, 4) is 11.1 Å². The summed E-state index contributed by atoms with van der Waals surface area (Å²) in [5, 5.41) is 2.99. The van der Waals surface area contributed by atoms with E-state index >= 15 is 0 Å². The average Bonchev–Trinajstić information content (AvgIpc) is 3.07. The van der Waals surface area contributed by atoms with Gasteiger partial charge in [0.25, 0.3) is 5.91 Å². The molecule has 3 aromatic rings. The molecule has 0 fully saturated rings. The predicted molar refractivity (Wildman–Crippen MR) is 106 cm³/mol. The number of aromatic nitrogens is 1. The molecule has 0 saturated heterocycles. The van der Waals surface area contributed by atoms with Crippen molar-refractivity contribution in [3.63, 3.8) is 0 Å². The van der Waals surface area contributed by atoms with Gasteiger partial charge in [0.2, 0.25) is 0 Å². The van der Waals surface area contributed by atoms with Crippen LogP contribution in [-0.4, -0.2) is 10.9 Å². The number of hydrogen-bond acceptors (Lipinski definition) is 1. The summed E-state index contributed by atoms with van der Waals surface area (Å²) in [4.78, 5) is 15.9. The summed E-state index contributed by atoms with van der Waals surface area (Å²) in [6.07, 6.45) is 1.95. The van der Waals surface area contributed by atoms with Gasteiger partial charge in [-0.1, -0.05) is 40.2 Å². The number of carbonyl (C=O) groups is 1. The maximum Gasteiger partial charge on any atom is 0.256 e. The first kappa shape index (κ1) is 15.9. The Hall–Kier alpha value is -2.59. The van der Waals surface area contributed by atoms with E-state index in [1.54, 1.807) is 0 Å². The first-order chi connectivity index (χ1) is 12.0.